The second-order valence-electron chi connectivity index (χ2n) is 6.72. The van der Waals surface area contributed by atoms with Crippen LogP contribution in [0.2, 0.25) is 0 Å². The van der Waals surface area contributed by atoms with Gasteiger partial charge in [0.15, 0.2) is 18.1 Å². The molecule has 0 aliphatic carbocycles. The molecule has 0 bridgehead atoms. The minimum absolute atomic E-state index is 0.0150. The Kier molecular flexibility index (Phi) is 7.54. The molecule has 1 amide bonds. The number of carbonyl (C=O) groups excluding carboxylic acids is 2. The molecule has 0 spiro atoms. The number of alkyl halides is 3. The second-order valence-corrected chi connectivity index (χ2v) is 7.78. The van der Waals surface area contributed by atoms with E-state index < -0.39 is 30.2 Å². The van der Waals surface area contributed by atoms with E-state index in [1.165, 1.54) is 48.8 Å². The molecular weight excluding hydrogens is 461 g/mol. The average Bonchev–Trinajstić information content (AvgIpc) is 3.20. The van der Waals surface area contributed by atoms with Crippen LogP contribution in [-0.2, 0) is 22.3 Å². The largest absolute Gasteiger partial charge is 0.493 e. The predicted molar refractivity (Wildman–Crippen MR) is 115 cm³/mol. The van der Waals surface area contributed by atoms with Crippen LogP contribution in [0.4, 0.5) is 18.9 Å². The highest BCUT2D eigenvalue weighted by Gasteiger charge is 2.30. The van der Waals surface area contributed by atoms with Crippen molar-refractivity contribution in [2.45, 2.75) is 19.7 Å². The minimum atomic E-state index is -4.52. The summed E-state index contributed by atoms with van der Waals surface area (Å²) in [5.74, 6) is -0.907. The lowest BCUT2D eigenvalue weighted by Gasteiger charge is -2.13. The topological polar surface area (TPSA) is 86.8 Å². The molecule has 174 valence electrons. The van der Waals surface area contributed by atoms with Gasteiger partial charge in [0, 0.05) is 11.1 Å². The number of esters is 1. The molecule has 1 heterocycles. The number of halogens is 3. The fraction of sp³-hybridized carbons (Fsp3) is 0.227. The molecule has 33 heavy (non-hydrogen) atoms. The summed E-state index contributed by atoms with van der Waals surface area (Å²) in [6, 6.07) is 8.52. The molecule has 2 aromatic carbocycles. The summed E-state index contributed by atoms with van der Waals surface area (Å²) in [6.45, 7) is 1.39. The van der Waals surface area contributed by atoms with E-state index in [0.717, 1.165) is 17.1 Å². The first kappa shape index (κ1) is 24.1. The van der Waals surface area contributed by atoms with E-state index in [1.54, 1.807) is 5.38 Å². The van der Waals surface area contributed by atoms with Gasteiger partial charge in [0.2, 0.25) is 0 Å². The summed E-state index contributed by atoms with van der Waals surface area (Å²) in [7, 11) is 1.36. The van der Waals surface area contributed by atoms with Crippen molar-refractivity contribution in [1.29, 1.82) is 0 Å². The Hall–Kier alpha value is -3.60. The Morgan fingerprint density at radius 1 is 1.12 bits per heavy atom. The number of amides is 1. The lowest BCUT2D eigenvalue weighted by molar-refractivity contribution is -0.137. The zero-order valence-electron chi connectivity index (χ0n) is 17.6. The Morgan fingerprint density at radius 3 is 2.58 bits per heavy atom. The molecule has 11 heteroatoms. The van der Waals surface area contributed by atoms with Crippen LogP contribution in [0.25, 0.3) is 0 Å². The number of aryl methyl sites for hydroxylation is 1. The van der Waals surface area contributed by atoms with Crippen LogP contribution in [0.15, 0.2) is 47.8 Å². The average molecular weight is 480 g/mol. The Balaban J connectivity index is 1.58. The standard InChI is InChI=1S/C22H19F3N2O5S/c1-13-26-17(12-33-13)10-32-21(29)14-6-7-18(19(8-14)30-2)31-11-20(28)27-16-5-3-4-15(9-16)22(23,24)25/h3-9,12H,10-11H2,1-2H3,(H,27,28). The molecule has 0 aliphatic rings. The van der Waals surface area contributed by atoms with Gasteiger partial charge >= 0.3 is 12.1 Å². The third kappa shape index (κ3) is 6.69. The maximum atomic E-state index is 12.8. The Labute approximate surface area is 191 Å². The minimum Gasteiger partial charge on any atom is -0.493 e. The van der Waals surface area contributed by atoms with Crippen molar-refractivity contribution in [2.24, 2.45) is 0 Å². The van der Waals surface area contributed by atoms with Crippen LogP contribution in [0.3, 0.4) is 0 Å². The molecule has 0 unspecified atom stereocenters. The van der Waals surface area contributed by atoms with E-state index in [1.807, 2.05) is 6.92 Å². The summed E-state index contributed by atoms with van der Waals surface area (Å²) in [6.07, 6.45) is -4.52. The number of nitrogens with one attached hydrogen (secondary N) is 1. The first-order valence-corrected chi connectivity index (χ1v) is 10.4. The van der Waals surface area contributed by atoms with Crippen LogP contribution >= 0.6 is 11.3 Å². The number of ether oxygens (including phenoxy) is 3. The summed E-state index contributed by atoms with van der Waals surface area (Å²) in [5, 5.41) is 5.00. The molecule has 3 rings (SSSR count). The van der Waals surface area contributed by atoms with E-state index in [2.05, 4.69) is 10.3 Å². The highest BCUT2D eigenvalue weighted by molar-refractivity contribution is 7.09. The molecule has 0 saturated heterocycles. The van der Waals surface area contributed by atoms with Gasteiger partial charge in [0.25, 0.3) is 5.91 Å². The smallest absolute Gasteiger partial charge is 0.416 e. The number of aromatic nitrogens is 1. The van der Waals surface area contributed by atoms with Crippen molar-refractivity contribution in [3.8, 4) is 11.5 Å². The molecule has 0 atom stereocenters. The first-order chi connectivity index (χ1) is 15.7. The molecule has 0 radical (unpaired) electrons. The van der Waals surface area contributed by atoms with Crippen LogP contribution in [0.5, 0.6) is 11.5 Å². The van der Waals surface area contributed by atoms with E-state index in [-0.39, 0.29) is 29.4 Å². The molecular formula is C22H19F3N2O5S. The van der Waals surface area contributed by atoms with Crippen LogP contribution in [-0.4, -0.2) is 30.6 Å². The monoisotopic (exact) mass is 480 g/mol. The fourth-order valence-corrected chi connectivity index (χ4v) is 3.32. The third-order valence-corrected chi connectivity index (χ3v) is 5.07. The number of thiazole rings is 1. The number of rotatable bonds is 8. The number of hydrogen-bond acceptors (Lipinski definition) is 7. The van der Waals surface area contributed by atoms with Gasteiger partial charge in [-0.05, 0) is 43.3 Å². The van der Waals surface area contributed by atoms with Gasteiger partial charge in [-0.1, -0.05) is 6.07 Å². The summed E-state index contributed by atoms with van der Waals surface area (Å²) in [5.41, 5.74) is -0.0433. The van der Waals surface area contributed by atoms with Gasteiger partial charge in [-0.15, -0.1) is 11.3 Å². The van der Waals surface area contributed by atoms with Crippen LogP contribution in [0.1, 0.15) is 26.6 Å². The molecule has 0 fully saturated rings. The molecule has 3 aromatic rings. The van der Waals surface area contributed by atoms with Crippen molar-refractivity contribution in [3.05, 3.63) is 69.7 Å². The summed E-state index contributed by atoms with van der Waals surface area (Å²) in [4.78, 5) is 28.6. The van der Waals surface area contributed by atoms with E-state index in [9.17, 15) is 22.8 Å². The van der Waals surface area contributed by atoms with Gasteiger partial charge in [-0.3, -0.25) is 4.79 Å². The number of methoxy groups -OCH3 is 1. The molecule has 7 nitrogen and oxygen atoms in total. The lowest BCUT2D eigenvalue weighted by Crippen LogP contribution is -2.20. The quantitative estimate of drug-likeness (QED) is 0.464. The highest BCUT2D eigenvalue weighted by Crippen LogP contribution is 2.31. The SMILES string of the molecule is COc1cc(C(=O)OCc2csc(C)n2)ccc1OCC(=O)Nc1cccc(C(F)(F)F)c1. The zero-order valence-corrected chi connectivity index (χ0v) is 18.4. The maximum Gasteiger partial charge on any atom is 0.416 e. The van der Waals surface area contributed by atoms with Crippen molar-refractivity contribution in [3.63, 3.8) is 0 Å². The summed E-state index contributed by atoms with van der Waals surface area (Å²) < 4.78 is 54.2. The van der Waals surface area contributed by atoms with Crippen molar-refractivity contribution < 1.29 is 37.0 Å². The third-order valence-electron chi connectivity index (χ3n) is 4.25. The van der Waals surface area contributed by atoms with Crippen LogP contribution in [0, 0.1) is 6.92 Å². The Bertz CT molecular complexity index is 1150. The van der Waals surface area contributed by atoms with E-state index in [4.69, 9.17) is 14.2 Å². The van der Waals surface area contributed by atoms with E-state index >= 15 is 0 Å². The lowest BCUT2D eigenvalue weighted by atomic mass is 10.2. The molecule has 1 aromatic heterocycles. The van der Waals surface area contributed by atoms with Gasteiger partial charge < -0.3 is 19.5 Å². The fourth-order valence-electron chi connectivity index (χ4n) is 2.72. The van der Waals surface area contributed by atoms with Gasteiger partial charge in [-0.2, -0.15) is 13.2 Å². The molecule has 0 aliphatic heterocycles. The normalized spacial score (nSPS) is 11.1. The Morgan fingerprint density at radius 2 is 1.91 bits per heavy atom. The number of carbonyl (C=O) groups is 2. The van der Waals surface area contributed by atoms with Crippen molar-refractivity contribution in [2.75, 3.05) is 19.0 Å². The number of benzene rings is 2. The predicted octanol–water partition coefficient (Wildman–Crippen LogP) is 4.85. The molecule has 1 N–H and O–H groups in total. The summed E-state index contributed by atoms with van der Waals surface area (Å²) >= 11 is 1.45. The maximum absolute atomic E-state index is 12.8. The highest BCUT2D eigenvalue weighted by atomic mass is 32.1. The van der Waals surface area contributed by atoms with Gasteiger partial charge in [0.1, 0.15) is 6.61 Å². The zero-order chi connectivity index (χ0) is 24.0. The first-order valence-electron chi connectivity index (χ1n) is 9.52. The number of hydrogen-bond donors (Lipinski definition) is 1. The number of anilines is 1. The second kappa shape index (κ2) is 10.3. The van der Waals surface area contributed by atoms with E-state index in [0.29, 0.717) is 5.69 Å². The van der Waals surface area contributed by atoms with Crippen LogP contribution < -0.4 is 14.8 Å². The molecule has 0 saturated carbocycles. The number of nitrogens with zero attached hydrogens (tertiary/aromatic N) is 1. The van der Waals surface area contributed by atoms with Crippen molar-refractivity contribution >= 4 is 28.9 Å². The van der Waals surface area contributed by atoms with Crippen molar-refractivity contribution in [1.82, 2.24) is 4.98 Å². The van der Waals surface area contributed by atoms with Gasteiger partial charge in [0.05, 0.1) is 28.9 Å². The van der Waals surface area contributed by atoms with Gasteiger partial charge in [-0.25, -0.2) is 9.78 Å².